The molecule has 0 aliphatic carbocycles. The third-order valence-corrected chi connectivity index (χ3v) is 4.65. The van der Waals surface area contributed by atoms with E-state index in [-0.39, 0.29) is 0 Å². The molecule has 0 atom stereocenters. The standard InChI is InChI=1S/C15H23BrN2O/c1-17-7-5-12(6-8-17)10-18(2)11-13-9-14(19)3-4-15(13)16/h3-4,9,12,19H,5-8,10-11H2,1-2H3. The van der Waals surface area contributed by atoms with Crippen LogP contribution in [-0.4, -0.2) is 48.6 Å². The molecule has 1 fully saturated rings. The van der Waals surface area contributed by atoms with E-state index in [0.717, 1.165) is 29.0 Å². The van der Waals surface area contributed by atoms with E-state index >= 15 is 0 Å². The molecule has 1 heterocycles. The summed E-state index contributed by atoms with van der Waals surface area (Å²) in [5.41, 5.74) is 1.15. The van der Waals surface area contributed by atoms with Gasteiger partial charge in [0.25, 0.3) is 0 Å². The van der Waals surface area contributed by atoms with Gasteiger partial charge in [-0.25, -0.2) is 0 Å². The van der Waals surface area contributed by atoms with Crippen molar-refractivity contribution in [3.05, 3.63) is 28.2 Å². The second-order valence-corrected chi connectivity index (χ2v) is 6.57. The number of phenols is 1. The van der Waals surface area contributed by atoms with Gasteiger partial charge in [-0.3, -0.25) is 0 Å². The number of halogens is 1. The molecular formula is C15H23BrN2O. The van der Waals surface area contributed by atoms with Gasteiger partial charge in [0.2, 0.25) is 0 Å². The molecule has 0 amide bonds. The number of phenolic OH excluding ortho intramolecular Hbond substituents is 1. The first-order valence-electron chi connectivity index (χ1n) is 6.89. The number of piperidine rings is 1. The fourth-order valence-electron chi connectivity index (χ4n) is 2.72. The van der Waals surface area contributed by atoms with Crippen molar-refractivity contribution in [2.45, 2.75) is 19.4 Å². The summed E-state index contributed by atoms with van der Waals surface area (Å²) in [6.07, 6.45) is 2.59. The predicted octanol–water partition coefficient (Wildman–Crippen LogP) is 2.93. The molecule has 0 unspecified atom stereocenters. The summed E-state index contributed by atoms with van der Waals surface area (Å²) in [6.45, 7) is 4.44. The first-order chi connectivity index (χ1) is 9.04. The Morgan fingerprint density at radius 1 is 1.37 bits per heavy atom. The average Bonchev–Trinajstić information content (AvgIpc) is 2.37. The number of likely N-dealkylation sites (tertiary alicyclic amines) is 1. The van der Waals surface area contributed by atoms with Crippen LogP contribution in [-0.2, 0) is 6.54 Å². The molecular weight excluding hydrogens is 304 g/mol. The Hall–Kier alpha value is -0.580. The van der Waals surface area contributed by atoms with Crippen molar-refractivity contribution in [3.63, 3.8) is 0 Å². The predicted molar refractivity (Wildman–Crippen MR) is 82.4 cm³/mol. The molecule has 1 aliphatic rings. The van der Waals surface area contributed by atoms with Crippen LogP contribution in [0.5, 0.6) is 5.75 Å². The largest absolute Gasteiger partial charge is 0.508 e. The highest BCUT2D eigenvalue weighted by molar-refractivity contribution is 9.10. The lowest BCUT2D eigenvalue weighted by Crippen LogP contribution is -2.35. The van der Waals surface area contributed by atoms with Crippen molar-refractivity contribution in [3.8, 4) is 5.75 Å². The molecule has 106 valence electrons. The molecule has 2 rings (SSSR count). The van der Waals surface area contributed by atoms with Gasteiger partial charge in [0, 0.05) is 17.6 Å². The van der Waals surface area contributed by atoms with Crippen LogP contribution in [0.25, 0.3) is 0 Å². The van der Waals surface area contributed by atoms with Crippen molar-refractivity contribution >= 4 is 15.9 Å². The summed E-state index contributed by atoms with van der Waals surface area (Å²) < 4.78 is 1.07. The van der Waals surface area contributed by atoms with Gasteiger partial charge in [0.15, 0.2) is 0 Å². The van der Waals surface area contributed by atoms with Gasteiger partial charge in [-0.1, -0.05) is 15.9 Å². The second-order valence-electron chi connectivity index (χ2n) is 5.72. The van der Waals surface area contributed by atoms with E-state index in [0.29, 0.717) is 5.75 Å². The molecule has 0 bridgehead atoms. The number of benzene rings is 1. The second kappa shape index (κ2) is 6.73. The number of rotatable bonds is 4. The van der Waals surface area contributed by atoms with Crippen molar-refractivity contribution in [2.24, 2.45) is 5.92 Å². The number of nitrogens with zero attached hydrogens (tertiary/aromatic N) is 2. The van der Waals surface area contributed by atoms with E-state index in [9.17, 15) is 5.11 Å². The van der Waals surface area contributed by atoms with Crippen molar-refractivity contribution < 1.29 is 5.11 Å². The molecule has 0 radical (unpaired) electrons. The Morgan fingerprint density at radius 3 is 2.74 bits per heavy atom. The SMILES string of the molecule is CN1CCC(CN(C)Cc2cc(O)ccc2Br)CC1. The van der Waals surface area contributed by atoms with Gasteiger partial charge in [0.05, 0.1) is 0 Å². The van der Waals surface area contributed by atoms with Gasteiger partial charge in [-0.2, -0.15) is 0 Å². The first-order valence-corrected chi connectivity index (χ1v) is 7.68. The molecule has 19 heavy (non-hydrogen) atoms. The Labute approximate surface area is 124 Å². The van der Waals surface area contributed by atoms with Gasteiger partial charge >= 0.3 is 0 Å². The maximum atomic E-state index is 9.56. The van der Waals surface area contributed by atoms with Crippen LogP contribution in [0.15, 0.2) is 22.7 Å². The quantitative estimate of drug-likeness (QED) is 0.921. The zero-order valence-corrected chi connectivity index (χ0v) is 13.4. The fraction of sp³-hybridized carbons (Fsp3) is 0.600. The highest BCUT2D eigenvalue weighted by Crippen LogP contribution is 2.24. The Morgan fingerprint density at radius 2 is 2.05 bits per heavy atom. The summed E-state index contributed by atoms with van der Waals surface area (Å²) in [5, 5.41) is 9.56. The van der Waals surface area contributed by atoms with Crippen LogP contribution in [0, 0.1) is 5.92 Å². The van der Waals surface area contributed by atoms with Crippen LogP contribution < -0.4 is 0 Å². The Balaban J connectivity index is 1.87. The lowest BCUT2D eigenvalue weighted by molar-refractivity contribution is 0.173. The first kappa shape index (κ1) is 14.8. The molecule has 0 saturated carbocycles. The molecule has 4 heteroatoms. The zero-order chi connectivity index (χ0) is 13.8. The Kier molecular flexibility index (Phi) is 5.25. The van der Waals surface area contributed by atoms with E-state index in [1.54, 1.807) is 6.07 Å². The van der Waals surface area contributed by atoms with Crippen molar-refractivity contribution in [2.75, 3.05) is 33.7 Å². The van der Waals surface area contributed by atoms with E-state index in [2.05, 4.69) is 39.8 Å². The van der Waals surface area contributed by atoms with Gasteiger partial charge < -0.3 is 14.9 Å². The Bertz CT molecular complexity index is 417. The van der Waals surface area contributed by atoms with E-state index in [4.69, 9.17) is 0 Å². The summed E-state index contributed by atoms with van der Waals surface area (Å²) >= 11 is 3.55. The van der Waals surface area contributed by atoms with Crippen LogP contribution >= 0.6 is 15.9 Å². The minimum absolute atomic E-state index is 0.339. The summed E-state index contributed by atoms with van der Waals surface area (Å²) in [4.78, 5) is 4.76. The molecule has 0 spiro atoms. The summed E-state index contributed by atoms with van der Waals surface area (Å²) in [5.74, 6) is 1.14. The number of hydrogen-bond donors (Lipinski definition) is 1. The topological polar surface area (TPSA) is 26.7 Å². The minimum Gasteiger partial charge on any atom is -0.508 e. The highest BCUT2D eigenvalue weighted by Gasteiger charge is 2.18. The minimum atomic E-state index is 0.339. The maximum absolute atomic E-state index is 9.56. The highest BCUT2D eigenvalue weighted by atomic mass is 79.9. The lowest BCUT2D eigenvalue weighted by Gasteiger charge is -2.31. The fourth-order valence-corrected chi connectivity index (χ4v) is 3.10. The smallest absolute Gasteiger partial charge is 0.115 e. The molecule has 3 nitrogen and oxygen atoms in total. The molecule has 0 aromatic heterocycles. The average molecular weight is 327 g/mol. The molecule has 1 N–H and O–H groups in total. The van der Waals surface area contributed by atoms with E-state index < -0.39 is 0 Å². The van der Waals surface area contributed by atoms with Crippen LogP contribution in [0.2, 0.25) is 0 Å². The van der Waals surface area contributed by atoms with Gasteiger partial charge in [0.1, 0.15) is 5.75 Å². The van der Waals surface area contributed by atoms with Crippen LogP contribution in [0.3, 0.4) is 0 Å². The van der Waals surface area contributed by atoms with Gasteiger partial charge in [-0.05, 0) is 69.7 Å². The molecule has 1 aromatic rings. The van der Waals surface area contributed by atoms with Gasteiger partial charge in [-0.15, -0.1) is 0 Å². The third-order valence-electron chi connectivity index (χ3n) is 3.88. The monoisotopic (exact) mass is 326 g/mol. The van der Waals surface area contributed by atoms with Crippen molar-refractivity contribution in [1.82, 2.24) is 9.80 Å². The summed E-state index contributed by atoms with van der Waals surface area (Å²) in [7, 11) is 4.36. The van der Waals surface area contributed by atoms with E-state index in [1.807, 2.05) is 12.1 Å². The van der Waals surface area contributed by atoms with Crippen molar-refractivity contribution in [1.29, 1.82) is 0 Å². The van der Waals surface area contributed by atoms with Crippen LogP contribution in [0.4, 0.5) is 0 Å². The van der Waals surface area contributed by atoms with E-state index in [1.165, 1.54) is 25.9 Å². The lowest BCUT2D eigenvalue weighted by atomic mass is 9.96. The molecule has 1 aromatic carbocycles. The maximum Gasteiger partial charge on any atom is 0.115 e. The van der Waals surface area contributed by atoms with Crippen LogP contribution in [0.1, 0.15) is 18.4 Å². The summed E-state index contributed by atoms with van der Waals surface area (Å²) in [6, 6.07) is 5.47. The third kappa shape index (κ3) is 4.48. The number of hydrogen-bond acceptors (Lipinski definition) is 3. The molecule has 1 saturated heterocycles. The number of aromatic hydroxyl groups is 1. The zero-order valence-electron chi connectivity index (χ0n) is 11.8. The molecule has 1 aliphatic heterocycles. The normalized spacial score (nSPS) is 18.1.